The van der Waals surface area contributed by atoms with E-state index >= 15 is 0 Å². The lowest BCUT2D eigenvalue weighted by Crippen LogP contribution is -2.58. The Hall–Kier alpha value is -2.83. The van der Waals surface area contributed by atoms with Crippen LogP contribution in [0.1, 0.15) is 32.3 Å². The first-order valence-corrected chi connectivity index (χ1v) is 11.3. The van der Waals surface area contributed by atoms with Gasteiger partial charge in [-0.1, -0.05) is 36.4 Å². The number of aromatic nitrogens is 2. The molecule has 1 spiro atoms. The van der Waals surface area contributed by atoms with Gasteiger partial charge < -0.3 is 4.74 Å². The van der Waals surface area contributed by atoms with Crippen molar-refractivity contribution in [2.45, 2.75) is 43.9 Å². The number of benzene rings is 2. The highest BCUT2D eigenvalue weighted by Gasteiger charge is 2.62. The first kappa shape index (κ1) is 19.8. The molecule has 1 aliphatic carbocycles. The van der Waals surface area contributed by atoms with Gasteiger partial charge in [0.25, 0.3) is 0 Å². The largest absolute Gasteiger partial charge is 0.373 e. The molecular weight excluding hydrogens is 403 g/mol. The highest BCUT2D eigenvalue weighted by atomic mass is 19.1. The molecule has 0 amide bonds. The van der Waals surface area contributed by atoms with Gasteiger partial charge in [-0.2, -0.15) is 0 Å². The van der Waals surface area contributed by atoms with E-state index in [4.69, 9.17) is 14.7 Å². The third-order valence-electron chi connectivity index (χ3n) is 7.07. The van der Waals surface area contributed by atoms with Gasteiger partial charge in [-0.15, -0.1) is 0 Å². The van der Waals surface area contributed by atoms with Gasteiger partial charge in [0.1, 0.15) is 5.82 Å². The Morgan fingerprint density at radius 1 is 1.00 bits per heavy atom. The number of ether oxygens (including phenoxy) is 1. The standard InChI is InChI=1S/C26H27FN4O/c1-25(2)17-30(13-14-32-25)23-26(11-12-26)20-8-4-6-10-22(20)31(23)24-28-15-18(16-29-24)19-7-3-5-9-21(19)27/h3-10,15-16,23H,11-14,17H2,1-2H3. The van der Waals surface area contributed by atoms with Gasteiger partial charge in [0, 0.05) is 47.7 Å². The molecular formula is C26H27FN4O. The van der Waals surface area contributed by atoms with Crippen molar-refractivity contribution in [3.8, 4) is 11.1 Å². The van der Waals surface area contributed by atoms with Crippen LogP contribution >= 0.6 is 0 Å². The van der Waals surface area contributed by atoms with E-state index < -0.39 is 0 Å². The van der Waals surface area contributed by atoms with Gasteiger partial charge in [-0.25, -0.2) is 14.4 Å². The molecule has 5 nitrogen and oxygen atoms in total. The summed E-state index contributed by atoms with van der Waals surface area (Å²) in [6.07, 6.45) is 5.96. The monoisotopic (exact) mass is 430 g/mol. The minimum Gasteiger partial charge on any atom is -0.373 e. The van der Waals surface area contributed by atoms with E-state index in [1.807, 2.05) is 6.07 Å². The van der Waals surface area contributed by atoms with Crippen LogP contribution in [-0.4, -0.2) is 46.3 Å². The van der Waals surface area contributed by atoms with Crippen molar-refractivity contribution in [2.24, 2.45) is 0 Å². The van der Waals surface area contributed by atoms with Crippen LogP contribution in [0.25, 0.3) is 11.1 Å². The van der Waals surface area contributed by atoms with E-state index in [2.05, 4.69) is 47.9 Å². The molecule has 0 radical (unpaired) electrons. The van der Waals surface area contributed by atoms with Crippen LogP contribution in [0.4, 0.5) is 16.0 Å². The molecule has 6 rings (SSSR count). The van der Waals surface area contributed by atoms with Crippen molar-refractivity contribution in [2.75, 3.05) is 24.6 Å². The average Bonchev–Trinajstić information content (AvgIpc) is 3.52. The van der Waals surface area contributed by atoms with Crippen LogP contribution in [-0.2, 0) is 10.2 Å². The van der Waals surface area contributed by atoms with Gasteiger partial charge in [0.15, 0.2) is 0 Å². The quantitative estimate of drug-likeness (QED) is 0.591. The van der Waals surface area contributed by atoms with Crippen LogP contribution in [0.3, 0.4) is 0 Å². The van der Waals surface area contributed by atoms with Crippen LogP contribution in [0, 0.1) is 5.82 Å². The number of hydrogen-bond acceptors (Lipinski definition) is 5. The highest BCUT2D eigenvalue weighted by molar-refractivity contribution is 5.73. The fourth-order valence-electron chi connectivity index (χ4n) is 5.56. The highest BCUT2D eigenvalue weighted by Crippen LogP contribution is 2.62. The number of hydrogen-bond donors (Lipinski definition) is 0. The molecule has 6 heteroatoms. The van der Waals surface area contributed by atoms with E-state index in [-0.39, 0.29) is 23.0 Å². The molecule has 3 heterocycles. The van der Waals surface area contributed by atoms with Gasteiger partial charge in [0.2, 0.25) is 5.95 Å². The maximum absolute atomic E-state index is 14.3. The fraction of sp³-hybridized carbons (Fsp3) is 0.385. The molecule has 0 bridgehead atoms. The molecule has 1 atom stereocenters. The minimum atomic E-state index is -0.263. The maximum atomic E-state index is 14.3. The van der Waals surface area contributed by atoms with Crippen molar-refractivity contribution in [1.82, 2.24) is 14.9 Å². The summed E-state index contributed by atoms with van der Waals surface area (Å²) in [6, 6.07) is 15.4. The molecule has 164 valence electrons. The zero-order chi connectivity index (χ0) is 21.9. The number of morpholine rings is 1. The molecule has 1 saturated carbocycles. The van der Waals surface area contributed by atoms with Gasteiger partial charge >= 0.3 is 0 Å². The van der Waals surface area contributed by atoms with Gasteiger partial charge in [-0.05, 0) is 44.4 Å². The van der Waals surface area contributed by atoms with Crippen molar-refractivity contribution in [3.63, 3.8) is 0 Å². The first-order valence-electron chi connectivity index (χ1n) is 11.3. The van der Waals surface area contributed by atoms with E-state index in [9.17, 15) is 4.39 Å². The second kappa shape index (κ2) is 7.09. The molecule has 1 aromatic heterocycles. The second-order valence-electron chi connectivity index (χ2n) is 9.75. The predicted molar refractivity (Wildman–Crippen MR) is 122 cm³/mol. The van der Waals surface area contributed by atoms with Crippen LogP contribution < -0.4 is 4.90 Å². The topological polar surface area (TPSA) is 41.5 Å². The second-order valence-corrected chi connectivity index (χ2v) is 9.75. The number of halogens is 1. The SMILES string of the molecule is CC1(C)CN(C2N(c3ncc(-c4ccccc4F)cn3)c3ccccc3C23CC3)CCO1. The number of anilines is 2. The average molecular weight is 431 g/mol. The van der Waals surface area contributed by atoms with Gasteiger partial charge in [-0.3, -0.25) is 9.80 Å². The maximum Gasteiger partial charge on any atom is 0.231 e. The third-order valence-corrected chi connectivity index (χ3v) is 7.07. The Morgan fingerprint density at radius 3 is 2.44 bits per heavy atom. The zero-order valence-corrected chi connectivity index (χ0v) is 18.5. The number of nitrogens with zero attached hydrogens (tertiary/aromatic N) is 4. The smallest absolute Gasteiger partial charge is 0.231 e. The van der Waals surface area contributed by atoms with Crippen LogP contribution in [0.15, 0.2) is 60.9 Å². The number of fused-ring (bicyclic) bond motifs is 2. The summed E-state index contributed by atoms with van der Waals surface area (Å²) in [5.74, 6) is 0.399. The van der Waals surface area contributed by atoms with Crippen molar-refractivity contribution >= 4 is 11.6 Å². The Balaban J connectivity index is 1.42. The lowest BCUT2D eigenvalue weighted by atomic mass is 9.93. The summed E-state index contributed by atoms with van der Waals surface area (Å²) < 4.78 is 20.3. The molecule has 2 aliphatic heterocycles. The Bertz CT molecular complexity index is 1160. The zero-order valence-electron chi connectivity index (χ0n) is 18.5. The van der Waals surface area contributed by atoms with E-state index in [0.29, 0.717) is 17.1 Å². The van der Waals surface area contributed by atoms with Crippen LogP contribution in [0.5, 0.6) is 0 Å². The van der Waals surface area contributed by atoms with Crippen molar-refractivity contribution in [3.05, 3.63) is 72.3 Å². The van der Waals surface area contributed by atoms with E-state index in [1.54, 1.807) is 24.5 Å². The summed E-state index contributed by atoms with van der Waals surface area (Å²) in [4.78, 5) is 14.3. The lowest BCUT2D eigenvalue weighted by molar-refractivity contribution is -0.0991. The summed E-state index contributed by atoms with van der Waals surface area (Å²) >= 11 is 0. The fourth-order valence-corrected chi connectivity index (χ4v) is 5.56. The molecule has 2 aromatic carbocycles. The molecule has 1 unspecified atom stereocenters. The molecule has 1 saturated heterocycles. The molecule has 32 heavy (non-hydrogen) atoms. The Labute approximate surface area is 187 Å². The predicted octanol–water partition coefficient (Wildman–Crippen LogP) is 4.90. The lowest BCUT2D eigenvalue weighted by Gasteiger charge is -2.45. The van der Waals surface area contributed by atoms with E-state index in [0.717, 1.165) is 32.5 Å². The van der Waals surface area contributed by atoms with Crippen LogP contribution in [0.2, 0.25) is 0 Å². The normalized spacial score (nSPS) is 23.3. The molecule has 3 aromatic rings. The third kappa shape index (κ3) is 3.05. The number of para-hydroxylation sites is 1. The Kier molecular flexibility index (Phi) is 4.39. The van der Waals surface area contributed by atoms with Crippen molar-refractivity contribution < 1.29 is 9.13 Å². The molecule has 0 N–H and O–H groups in total. The minimum absolute atomic E-state index is 0.109. The molecule has 2 fully saturated rings. The van der Waals surface area contributed by atoms with Gasteiger partial charge in [0.05, 0.1) is 18.4 Å². The first-order chi connectivity index (χ1) is 15.5. The summed E-state index contributed by atoms with van der Waals surface area (Å²) in [5.41, 5.74) is 3.69. The van der Waals surface area contributed by atoms with Crippen molar-refractivity contribution in [1.29, 1.82) is 0 Å². The van der Waals surface area contributed by atoms with E-state index in [1.165, 1.54) is 17.3 Å². The summed E-state index contributed by atoms with van der Waals surface area (Å²) in [5, 5.41) is 0. The number of rotatable bonds is 3. The summed E-state index contributed by atoms with van der Waals surface area (Å²) in [6.45, 7) is 6.78. The Morgan fingerprint density at radius 2 is 1.72 bits per heavy atom. The summed E-state index contributed by atoms with van der Waals surface area (Å²) in [7, 11) is 0. The molecule has 3 aliphatic rings.